The van der Waals surface area contributed by atoms with Gasteiger partial charge in [0.05, 0.1) is 6.61 Å². The zero-order valence-electron chi connectivity index (χ0n) is 6.24. The Morgan fingerprint density at radius 3 is 2.00 bits per heavy atom. The molecule has 1 aliphatic rings. The summed E-state index contributed by atoms with van der Waals surface area (Å²) < 4.78 is 4.50. The molecule has 0 aromatic carbocycles. The Morgan fingerprint density at radius 2 is 1.42 bits per heavy atom. The van der Waals surface area contributed by atoms with Gasteiger partial charge in [0.1, 0.15) is 24.4 Å². The molecule has 6 heteroatoms. The largest absolute Gasteiger partial charge is 0.388 e. The molecular formula is C6H12O6. The van der Waals surface area contributed by atoms with Crippen LogP contribution in [0.5, 0.6) is 0 Å². The van der Waals surface area contributed by atoms with Gasteiger partial charge in [0.15, 0.2) is 6.29 Å². The molecule has 5 atom stereocenters. The maximum absolute atomic E-state index is 9.07. The number of hydrogen-bond donors (Lipinski definition) is 5. The Labute approximate surface area is 68.6 Å². The molecule has 1 fully saturated rings. The quantitative estimate of drug-likeness (QED) is 0.268. The standard InChI is InChI=1S/C6H12O6/c7-2-1-12-6(11)5(10)4(9)3(2)8/h2-11H,1H2/t2-,3-,4+,5+,6+/m1/s1. The molecule has 6 nitrogen and oxygen atoms in total. The minimum absolute atomic E-state index is 0.323. The van der Waals surface area contributed by atoms with Gasteiger partial charge in [-0.05, 0) is 0 Å². The molecule has 0 aromatic heterocycles. The van der Waals surface area contributed by atoms with Gasteiger partial charge in [-0.3, -0.25) is 0 Å². The number of aliphatic hydroxyl groups excluding tert-OH is 5. The highest BCUT2D eigenvalue weighted by Crippen LogP contribution is 2.14. The van der Waals surface area contributed by atoms with Gasteiger partial charge in [-0.15, -0.1) is 0 Å². The highest BCUT2D eigenvalue weighted by atomic mass is 16.6. The summed E-state index contributed by atoms with van der Waals surface area (Å²) in [5.41, 5.74) is 0. The predicted octanol–water partition coefficient (Wildman–Crippen LogP) is -3.22. The van der Waals surface area contributed by atoms with Crippen LogP contribution < -0.4 is 0 Å². The van der Waals surface area contributed by atoms with E-state index in [-0.39, 0.29) is 6.61 Å². The second-order valence-electron chi connectivity index (χ2n) is 2.76. The van der Waals surface area contributed by atoms with Crippen LogP contribution in [-0.2, 0) is 4.74 Å². The zero-order chi connectivity index (χ0) is 9.30. The van der Waals surface area contributed by atoms with Crippen molar-refractivity contribution in [2.45, 2.75) is 30.7 Å². The lowest BCUT2D eigenvalue weighted by Crippen LogP contribution is -2.46. The average molecular weight is 180 g/mol. The highest BCUT2D eigenvalue weighted by Gasteiger charge is 2.38. The molecule has 1 heterocycles. The summed E-state index contributed by atoms with van der Waals surface area (Å²) in [6.07, 6.45) is -7.58. The highest BCUT2D eigenvalue weighted by molar-refractivity contribution is 4.85. The first-order chi connectivity index (χ1) is 5.54. The molecule has 0 amide bonds. The van der Waals surface area contributed by atoms with Crippen LogP contribution in [0.15, 0.2) is 0 Å². The van der Waals surface area contributed by atoms with E-state index >= 15 is 0 Å². The van der Waals surface area contributed by atoms with Crippen molar-refractivity contribution in [3.8, 4) is 0 Å². The molecule has 1 rings (SSSR count). The topological polar surface area (TPSA) is 110 Å². The molecule has 72 valence electrons. The summed E-state index contributed by atoms with van der Waals surface area (Å²) in [6, 6.07) is 0. The third-order valence-corrected chi connectivity index (χ3v) is 1.82. The van der Waals surface area contributed by atoms with Crippen LogP contribution in [0.25, 0.3) is 0 Å². The van der Waals surface area contributed by atoms with Crippen molar-refractivity contribution >= 4 is 0 Å². The fourth-order valence-corrected chi connectivity index (χ4v) is 0.993. The molecule has 1 saturated heterocycles. The maximum Gasteiger partial charge on any atom is 0.183 e. The van der Waals surface area contributed by atoms with Crippen LogP contribution in [0.4, 0.5) is 0 Å². The third-order valence-electron chi connectivity index (χ3n) is 1.82. The van der Waals surface area contributed by atoms with Gasteiger partial charge in [-0.25, -0.2) is 0 Å². The van der Waals surface area contributed by atoms with Gasteiger partial charge < -0.3 is 30.3 Å². The molecular weight excluding hydrogens is 168 g/mol. The summed E-state index contributed by atoms with van der Waals surface area (Å²) in [4.78, 5) is 0. The van der Waals surface area contributed by atoms with Gasteiger partial charge in [-0.1, -0.05) is 0 Å². The minimum Gasteiger partial charge on any atom is -0.388 e. The van der Waals surface area contributed by atoms with Crippen LogP contribution in [0.3, 0.4) is 0 Å². The monoisotopic (exact) mass is 180 g/mol. The van der Waals surface area contributed by atoms with E-state index in [4.69, 9.17) is 25.5 Å². The number of hydrogen-bond acceptors (Lipinski definition) is 6. The molecule has 1 aliphatic heterocycles. The first-order valence-corrected chi connectivity index (χ1v) is 3.56. The van der Waals surface area contributed by atoms with Crippen molar-refractivity contribution in [3.63, 3.8) is 0 Å². The third kappa shape index (κ3) is 1.74. The molecule has 0 radical (unpaired) electrons. The number of aliphatic hydroxyl groups is 5. The summed E-state index contributed by atoms with van der Waals surface area (Å²) in [5, 5.41) is 45.1. The van der Waals surface area contributed by atoms with E-state index in [9.17, 15) is 0 Å². The second-order valence-corrected chi connectivity index (χ2v) is 2.76. The summed E-state index contributed by atoms with van der Waals surface area (Å²) >= 11 is 0. The first-order valence-electron chi connectivity index (χ1n) is 3.56. The fraction of sp³-hybridized carbons (Fsp3) is 1.00. The summed E-state index contributed by atoms with van der Waals surface area (Å²) in [6.45, 7) is -0.323. The van der Waals surface area contributed by atoms with Crippen molar-refractivity contribution < 1.29 is 30.3 Å². The number of rotatable bonds is 0. The van der Waals surface area contributed by atoms with E-state index in [1.165, 1.54) is 0 Å². The van der Waals surface area contributed by atoms with Crippen molar-refractivity contribution in [3.05, 3.63) is 0 Å². The Balaban J connectivity index is 2.68. The lowest BCUT2D eigenvalue weighted by molar-refractivity contribution is -0.181. The van der Waals surface area contributed by atoms with Crippen molar-refractivity contribution in [2.75, 3.05) is 6.61 Å². The van der Waals surface area contributed by atoms with Crippen LogP contribution in [0.1, 0.15) is 0 Å². The van der Waals surface area contributed by atoms with E-state index in [0.29, 0.717) is 0 Å². The van der Waals surface area contributed by atoms with Crippen LogP contribution in [0, 0.1) is 0 Å². The Hall–Kier alpha value is -0.240. The zero-order valence-corrected chi connectivity index (χ0v) is 6.24. The van der Waals surface area contributed by atoms with E-state index in [2.05, 4.69) is 4.74 Å². The maximum atomic E-state index is 9.07. The van der Waals surface area contributed by atoms with Crippen molar-refractivity contribution in [1.82, 2.24) is 0 Å². The van der Waals surface area contributed by atoms with Crippen LogP contribution >= 0.6 is 0 Å². The first kappa shape index (κ1) is 9.85. The smallest absolute Gasteiger partial charge is 0.183 e. The van der Waals surface area contributed by atoms with Crippen LogP contribution in [0.2, 0.25) is 0 Å². The average Bonchev–Trinajstić information content (AvgIpc) is 2.14. The predicted molar refractivity (Wildman–Crippen MR) is 36.0 cm³/mol. The summed E-state index contributed by atoms with van der Waals surface area (Å²) in [5.74, 6) is 0. The Bertz CT molecular complexity index is 135. The van der Waals surface area contributed by atoms with E-state index in [1.54, 1.807) is 0 Å². The van der Waals surface area contributed by atoms with Crippen molar-refractivity contribution in [1.29, 1.82) is 0 Å². The van der Waals surface area contributed by atoms with Gasteiger partial charge in [0.2, 0.25) is 0 Å². The molecule has 12 heavy (non-hydrogen) atoms. The van der Waals surface area contributed by atoms with Gasteiger partial charge in [0.25, 0.3) is 0 Å². The second kappa shape index (κ2) is 3.65. The van der Waals surface area contributed by atoms with E-state index < -0.39 is 30.7 Å². The Morgan fingerprint density at radius 1 is 0.833 bits per heavy atom. The molecule has 0 saturated carbocycles. The minimum atomic E-state index is -1.60. The lowest BCUT2D eigenvalue weighted by Gasteiger charge is -2.22. The molecule has 0 aliphatic carbocycles. The molecule has 0 unspecified atom stereocenters. The van der Waals surface area contributed by atoms with Crippen LogP contribution in [-0.4, -0.2) is 62.8 Å². The van der Waals surface area contributed by atoms with Crippen molar-refractivity contribution in [2.24, 2.45) is 0 Å². The summed E-state index contributed by atoms with van der Waals surface area (Å²) in [7, 11) is 0. The van der Waals surface area contributed by atoms with Gasteiger partial charge in [0, 0.05) is 0 Å². The van der Waals surface area contributed by atoms with E-state index in [1.807, 2.05) is 0 Å². The Kier molecular flexibility index (Phi) is 2.99. The van der Waals surface area contributed by atoms with Gasteiger partial charge in [-0.2, -0.15) is 0 Å². The molecule has 5 N–H and O–H groups in total. The molecule has 0 bridgehead atoms. The molecule has 0 aromatic rings. The fourth-order valence-electron chi connectivity index (χ4n) is 0.993. The van der Waals surface area contributed by atoms with E-state index in [0.717, 1.165) is 0 Å². The SMILES string of the molecule is O[C@H]1[C@H](O)[C@H](O)CO[C@H](O)[C@H]1O. The normalized spacial score (nSPS) is 50.2. The van der Waals surface area contributed by atoms with Gasteiger partial charge >= 0.3 is 0 Å². The lowest BCUT2D eigenvalue weighted by atomic mass is 10.0. The molecule has 0 spiro atoms. The number of ether oxygens (including phenoxy) is 1.